The van der Waals surface area contributed by atoms with Gasteiger partial charge in [-0.2, -0.15) is 0 Å². The number of pyridine rings is 1. The van der Waals surface area contributed by atoms with Gasteiger partial charge in [-0.15, -0.1) is 0 Å². The van der Waals surface area contributed by atoms with Gasteiger partial charge in [0.05, 0.1) is 17.1 Å². The molecule has 1 aliphatic rings. The maximum Gasteiger partial charge on any atom is 0.276 e. The fourth-order valence-electron chi connectivity index (χ4n) is 2.54. The summed E-state index contributed by atoms with van der Waals surface area (Å²) in [6.45, 7) is 2.64. The highest BCUT2D eigenvalue weighted by molar-refractivity contribution is 5.56. The first-order valence-electron chi connectivity index (χ1n) is 6.75. The standard InChI is InChI=1S/C13H20N4O2/c1-3-14-12-8-11(17(18)19)9-13(15-12)16(2)10-6-4-5-7-10/h8-10H,3-7H2,1-2H3,(H,14,15). The maximum atomic E-state index is 11.0. The summed E-state index contributed by atoms with van der Waals surface area (Å²) in [4.78, 5) is 17.1. The third kappa shape index (κ3) is 3.13. The van der Waals surface area contributed by atoms with Gasteiger partial charge in [-0.1, -0.05) is 12.8 Å². The van der Waals surface area contributed by atoms with Crippen molar-refractivity contribution in [1.29, 1.82) is 0 Å². The molecule has 0 radical (unpaired) electrons. The summed E-state index contributed by atoms with van der Waals surface area (Å²) in [5, 5.41) is 14.0. The lowest BCUT2D eigenvalue weighted by Crippen LogP contribution is -2.29. The molecule has 0 aromatic carbocycles. The van der Waals surface area contributed by atoms with Gasteiger partial charge < -0.3 is 10.2 Å². The number of nitrogens with zero attached hydrogens (tertiary/aromatic N) is 3. The lowest BCUT2D eigenvalue weighted by molar-refractivity contribution is -0.384. The van der Waals surface area contributed by atoms with Crippen LogP contribution >= 0.6 is 0 Å². The van der Waals surface area contributed by atoms with E-state index in [-0.39, 0.29) is 10.6 Å². The number of aromatic nitrogens is 1. The molecule has 1 saturated carbocycles. The maximum absolute atomic E-state index is 11.0. The number of nitro groups is 1. The molecule has 0 atom stereocenters. The largest absolute Gasteiger partial charge is 0.370 e. The Balaban J connectivity index is 2.29. The zero-order valence-electron chi connectivity index (χ0n) is 11.4. The van der Waals surface area contributed by atoms with E-state index >= 15 is 0 Å². The van der Waals surface area contributed by atoms with Crippen LogP contribution in [0.25, 0.3) is 0 Å². The van der Waals surface area contributed by atoms with E-state index in [1.165, 1.54) is 18.9 Å². The van der Waals surface area contributed by atoms with Gasteiger partial charge in [-0.3, -0.25) is 10.1 Å². The molecule has 1 aliphatic carbocycles. The Hall–Kier alpha value is -1.85. The van der Waals surface area contributed by atoms with Gasteiger partial charge in [-0.25, -0.2) is 4.98 Å². The van der Waals surface area contributed by atoms with Crippen molar-refractivity contribution in [3.63, 3.8) is 0 Å². The highest BCUT2D eigenvalue weighted by Crippen LogP contribution is 2.29. The molecule has 1 aromatic heterocycles. The first-order chi connectivity index (χ1) is 9.11. The number of nitrogens with one attached hydrogen (secondary N) is 1. The first kappa shape index (κ1) is 13.6. The van der Waals surface area contributed by atoms with Gasteiger partial charge >= 0.3 is 0 Å². The van der Waals surface area contributed by atoms with E-state index in [0.29, 0.717) is 24.2 Å². The molecule has 0 saturated heterocycles. The van der Waals surface area contributed by atoms with Crippen LogP contribution in [-0.2, 0) is 0 Å². The summed E-state index contributed by atoms with van der Waals surface area (Å²) >= 11 is 0. The second kappa shape index (κ2) is 5.86. The van der Waals surface area contributed by atoms with Crippen molar-refractivity contribution >= 4 is 17.3 Å². The van der Waals surface area contributed by atoms with E-state index in [9.17, 15) is 10.1 Å². The summed E-state index contributed by atoms with van der Waals surface area (Å²) in [6, 6.07) is 3.48. The van der Waals surface area contributed by atoms with E-state index in [1.54, 1.807) is 6.07 Å². The van der Waals surface area contributed by atoms with Crippen molar-refractivity contribution in [2.24, 2.45) is 0 Å². The molecule has 0 aliphatic heterocycles. The molecule has 0 bridgehead atoms. The molecule has 0 amide bonds. The molecule has 6 nitrogen and oxygen atoms in total. The van der Waals surface area contributed by atoms with Crippen molar-refractivity contribution < 1.29 is 4.92 Å². The lowest BCUT2D eigenvalue weighted by atomic mass is 10.2. The number of hydrogen-bond donors (Lipinski definition) is 1. The predicted octanol–water partition coefficient (Wildman–Crippen LogP) is 2.80. The minimum Gasteiger partial charge on any atom is -0.370 e. The third-order valence-corrected chi connectivity index (χ3v) is 3.60. The van der Waals surface area contributed by atoms with Crippen LogP contribution in [0.5, 0.6) is 0 Å². The molecule has 1 heterocycles. The second-order valence-corrected chi connectivity index (χ2v) is 4.91. The van der Waals surface area contributed by atoms with Gasteiger partial charge in [0.1, 0.15) is 11.6 Å². The summed E-state index contributed by atoms with van der Waals surface area (Å²) in [5.41, 5.74) is 0.0887. The average Bonchev–Trinajstić information content (AvgIpc) is 2.91. The molecule has 1 aromatic rings. The number of rotatable bonds is 5. The van der Waals surface area contributed by atoms with E-state index in [4.69, 9.17) is 0 Å². The van der Waals surface area contributed by atoms with Crippen LogP contribution in [0.2, 0.25) is 0 Å². The molecule has 0 unspecified atom stereocenters. The molecule has 104 valence electrons. The van der Waals surface area contributed by atoms with E-state index in [2.05, 4.69) is 15.2 Å². The minimum atomic E-state index is -0.367. The Labute approximate surface area is 113 Å². The van der Waals surface area contributed by atoms with Gasteiger partial charge in [0.2, 0.25) is 0 Å². The smallest absolute Gasteiger partial charge is 0.276 e. The van der Waals surface area contributed by atoms with Crippen molar-refractivity contribution in [3.05, 3.63) is 22.2 Å². The van der Waals surface area contributed by atoms with E-state index in [1.807, 2.05) is 14.0 Å². The average molecular weight is 264 g/mol. The predicted molar refractivity (Wildman–Crippen MR) is 75.7 cm³/mol. The van der Waals surface area contributed by atoms with Gasteiger partial charge in [0.25, 0.3) is 5.69 Å². The van der Waals surface area contributed by atoms with Crippen LogP contribution in [0, 0.1) is 10.1 Å². The molecule has 19 heavy (non-hydrogen) atoms. The second-order valence-electron chi connectivity index (χ2n) is 4.91. The topological polar surface area (TPSA) is 71.3 Å². The van der Waals surface area contributed by atoms with Crippen LogP contribution in [0.15, 0.2) is 12.1 Å². The van der Waals surface area contributed by atoms with Crippen LogP contribution in [0.4, 0.5) is 17.3 Å². The number of anilines is 2. The van der Waals surface area contributed by atoms with Crippen molar-refractivity contribution in [3.8, 4) is 0 Å². The Morgan fingerprint density at radius 3 is 2.74 bits per heavy atom. The zero-order valence-corrected chi connectivity index (χ0v) is 11.4. The summed E-state index contributed by atoms with van der Waals surface area (Å²) in [7, 11) is 1.97. The monoisotopic (exact) mass is 264 g/mol. The quantitative estimate of drug-likeness (QED) is 0.654. The Bertz CT molecular complexity index is 458. The third-order valence-electron chi connectivity index (χ3n) is 3.60. The van der Waals surface area contributed by atoms with Crippen LogP contribution in [-0.4, -0.2) is 29.5 Å². The van der Waals surface area contributed by atoms with Gasteiger partial charge in [0, 0.05) is 19.6 Å². The van der Waals surface area contributed by atoms with Gasteiger partial charge in [-0.05, 0) is 19.8 Å². The van der Waals surface area contributed by atoms with E-state index in [0.717, 1.165) is 12.8 Å². The lowest BCUT2D eigenvalue weighted by Gasteiger charge is -2.25. The first-order valence-corrected chi connectivity index (χ1v) is 6.75. The SMILES string of the molecule is CCNc1cc([N+](=O)[O-])cc(N(C)C2CCCC2)n1. The Kier molecular flexibility index (Phi) is 4.19. The Morgan fingerprint density at radius 1 is 1.47 bits per heavy atom. The fourth-order valence-corrected chi connectivity index (χ4v) is 2.54. The number of hydrogen-bond acceptors (Lipinski definition) is 5. The highest BCUT2D eigenvalue weighted by atomic mass is 16.6. The molecule has 1 fully saturated rings. The summed E-state index contributed by atoms with van der Waals surface area (Å²) in [5.74, 6) is 1.24. The van der Waals surface area contributed by atoms with Crippen LogP contribution in [0.3, 0.4) is 0 Å². The highest BCUT2D eigenvalue weighted by Gasteiger charge is 2.22. The van der Waals surface area contributed by atoms with Gasteiger partial charge in [0.15, 0.2) is 0 Å². The Morgan fingerprint density at radius 2 is 2.16 bits per heavy atom. The summed E-state index contributed by atoms with van der Waals surface area (Å²) in [6.07, 6.45) is 4.73. The normalized spacial score (nSPS) is 15.5. The fraction of sp³-hybridized carbons (Fsp3) is 0.615. The molecule has 6 heteroatoms. The summed E-state index contributed by atoms with van der Waals surface area (Å²) < 4.78 is 0. The molecular weight excluding hydrogens is 244 g/mol. The molecular formula is C13H20N4O2. The minimum absolute atomic E-state index is 0.0887. The van der Waals surface area contributed by atoms with Crippen molar-refractivity contribution in [2.75, 3.05) is 23.8 Å². The zero-order chi connectivity index (χ0) is 13.8. The van der Waals surface area contributed by atoms with Crippen LogP contribution < -0.4 is 10.2 Å². The van der Waals surface area contributed by atoms with Crippen molar-refractivity contribution in [1.82, 2.24) is 4.98 Å². The van der Waals surface area contributed by atoms with Crippen LogP contribution in [0.1, 0.15) is 32.6 Å². The molecule has 2 rings (SSSR count). The molecule has 1 N–H and O–H groups in total. The van der Waals surface area contributed by atoms with E-state index < -0.39 is 0 Å². The molecule has 0 spiro atoms. The van der Waals surface area contributed by atoms with Crippen molar-refractivity contribution in [2.45, 2.75) is 38.6 Å².